The van der Waals surface area contributed by atoms with Crippen LogP contribution in [0.5, 0.6) is 0 Å². The predicted molar refractivity (Wildman–Crippen MR) is 68.2 cm³/mol. The molecule has 0 fully saturated rings. The molecule has 3 N–H and O–H groups in total. The van der Waals surface area contributed by atoms with Crippen LogP contribution in [0, 0.1) is 6.92 Å². The third-order valence-corrected chi connectivity index (χ3v) is 3.82. The second kappa shape index (κ2) is 5.11. The van der Waals surface area contributed by atoms with Crippen LogP contribution in [0.4, 0.5) is 13.2 Å². The van der Waals surface area contributed by atoms with Crippen molar-refractivity contribution in [1.29, 1.82) is 0 Å². The van der Waals surface area contributed by atoms with E-state index < -0.39 is 34.5 Å². The van der Waals surface area contributed by atoms with Crippen LogP contribution in [-0.4, -0.2) is 26.2 Å². The Labute approximate surface area is 119 Å². The van der Waals surface area contributed by atoms with Crippen LogP contribution in [0.1, 0.15) is 16.4 Å². The fourth-order valence-electron chi connectivity index (χ4n) is 1.73. The van der Waals surface area contributed by atoms with Crippen molar-refractivity contribution in [2.75, 3.05) is 0 Å². The molecule has 2 aromatic heterocycles. The van der Waals surface area contributed by atoms with E-state index in [4.69, 9.17) is 0 Å². The maximum absolute atomic E-state index is 13.2. The highest BCUT2D eigenvalue weighted by atomic mass is 32.1. The van der Waals surface area contributed by atoms with Gasteiger partial charge in [-0.15, -0.1) is 11.3 Å². The Bertz CT molecular complexity index is 736. The Hall–Kier alpha value is -1.94. The van der Waals surface area contributed by atoms with Gasteiger partial charge in [0.25, 0.3) is 5.56 Å². The number of alkyl halides is 3. The first-order valence-corrected chi connectivity index (χ1v) is 6.54. The first-order valence-electron chi connectivity index (χ1n) is 5.66. The van der Waals surface area contributed by atoms with Crippen molar-refractivity contribution < 1.29 is 18.3 Å². The standard InChI is InChI=1S/C11H10F3N3O3S/c1-5-4-21-8(15-5)10(20,11(12,13)14)3-6-2-7(18)17-9(19)16-6/h2,4,20H,3H2,1H3,(H2,16,17,18,19)/t10-/m0/s1. The number of aromatic amines is 2. The first-order chi connectivity index (χ1) is 9.62. The smallest absolute Gasteiger partial charge is 0.374 e. The third-order valence-electron chi connectivity index (χ3n) is 2.70. The molecular weight excluding hydrogens is 311 g/mol. The Morgan fingerprint density at radius 1 is 1.33 bits per heavy atom. The van der Waals surface area contributed by atoms with Gasteiger partial charge in [-0.25, -0.2) is 9.78 Å². The second-order valence-electron chi connectivity index (χ2n) is 4.44. The maximum Gasteiger partial charge on any atom is 0.424 e. The van der Waals surface area contributed by atoms with E-state index >= 15 is 0 Å². The van der Waals surface area contributed by atoms with Crippen LogP contribution in [0.25, 0.3) is 0 Å². The molecule has 0 radical (unpaired) electrons. The minimum absolute atomic E-state index is 0.331. The lowest BCUT2D eigenvalue weighted by molar-refractivity contribution is -0.266. The molecule has 0 saturated carbocycles. The van der Waals surface area contributed by atoms with Crippen LogP contribution in [0.2, 0.25) is 0 Å². The van der Waals surface area contributed by atoms with Crippen molar-refractivity contribution in [3.05, 3.63) is 48.7 Å². The van der Waals surface area contributed by atoms with Gasteiger partial charge < -0.3 is 10.1 Å². The summed E-state index contributed by atoms with van der Waals surface area (Å²) in [5, 5.41) is 10.9. The number of halogens is 3. The molecule has 0 aromatic carbocycles. The van der Waals surface area contributed by atoms with Crippen LogP contribution in [-0.2, 0) is 12.0 Å². The van der Waals surface area contributed by atoms with Crippen LogP contribution >= 0.6 is 11.3 Å². The second-order valence-corrected chi connectivity index (χ2v) is 5.30. The SMILES string of the molecule is Cc1csc([C@@](O)(Cc2cc(=O)[nH]c(=O)[nH]2)C(F)(F)F)n1. The van der Waals surface area contributed by atoms with Crippen molar-refractivity contribution in [3.8, 4) is 0 Å². The fraction of sp³-hybridized carbons (Fsp3) is 0.364. The summed E-state index contributed by atoms with van der Waals surface area (Å²) in [6.45, 7) is 1.49. The lowest BCUT2D eigenvalue weighted by Crippen LogP contribution is -2.45. The van der Waals surface area contributed by atoms with Crippen LogP contribution in [0.3, 0.4) is 0 Å². The topological polar surface area (TPSA) is 98.8 Å². The zero-order chi connectivity index (χ0) is 15.8. The largest absolute Gasteiger partial charge is 0.424 e. The minimum atomic E-state index is -5.02. The molecule has 21 heavy (non-hydrogen) atoms. The summed E-state index contributed by atoms with van der Waals surface area (Å²) in [4.78, 5) is 29.8. The molecule has 0 aliphatic carbocycles. The highest BCUT2D eigenvalue weighted by molar-refractivity contribution is 7.09. The van der Waals surface area contributed by atoms with E-state index in [0.29, 0.717) is 17.0 Å². The summed E-state index contributed by atoms with van der Waals surface area (Å²) >= 11 is 0.652. The minimum Gasteiger partial charge on any atom is -0.374 e. The number of H-pyrrole nitrogens is 2. The van der Waals surface area contributed by atoms with E-state index in [0.717, 1.165) is 6.07 Å². The number of aromatic nitrogens is 3. The Kier molecular flexibility index (Phi) is 3.76. The van der Waals surface area contributed by atoms with Gasteiger partial charge in [0, 0.05) is 29.3 Å². The number of hydrogen-bond acceptors (Lipinski definition) is 5. The molecule has 2 heterocycles. The van der Waals surface area contributed by atoms with Gasteiger partial charge in [-0.2, -0.15) is 13.2 Å². The maximum atomic E-state index is 13.2. The molecule has 2 aromatic rings. The van der Waals surface area contributed by atoms with Crippen molar-refractivity contribution in [1.82, 2.24) is 15.0 Å². The van der Waals surface area contributed by atoms with Gasteiger partial charge in [0.1, 0.15) is 5.01 Å². The number of nitrogens with one attached hydrogen (secondary N) is 2. The molecule has 0 unspecified atom stereocenters. The molecule has 10 heteroatoms. The van der Waals surface area contributed by atoms with Crippen LogP contribution in [0.15, 0.2) is 21.0 Å². The summed E-state index contributed by atoms with van der Waals surface area (Å²) in [5.41, 5.74) is -5.08. The number of thiazole rings is 1. The Morgan fingerprint density at radius 2 is 2.00 bits per heavy atom. The lowest BCUT2D eigenvalue weighted by atomic mass is 9.97. The summed E-state index contributed by atoms with van der Waals surface area (Å²) in [6.07, 6.45) is -6.03. The zero-order valence-electron chi connectivity index (χ0n) is 10.6. The van der Waals surface area contributed by atoms with Gasteiger partial charge in [0.15, 0.2) is 0 Å². The van der Waals surface area contributed by atoms with Crippen molar-refractivity contribution in [2.24, 2.45) is 0 Å². The molecule has 1 atom stereocenters. The predicted octanol–water partition coefficient (Wildman–Crippen LogP) is 0.821. The Morgan fingerprint density at radius 3 is 2.48 bits per heavy atom. The molecular formula is C11H10F3N3O3S. The molecule has 0 spiro atoms. The van der Waals surface area contributed by atoms with Crippen molar-refractivity contribution in [3.63, 3.8) is 0 Å². The molecule has 0 aliphatic rings. The summed E-state index contributed by atoms with van der Waals surface area (Å²) < 4.78 is 39.7. The first kappa shape index (κ1) is 15.4. The number of hydrogen-bond donors (Lipinski definition) is 3. The summed E-state index contributed by atoms with van der Waals surface area (Å²) in [6, 6.07) is 0.790. The summed E-state index contributed by atoms with van der Waals surface area (Å²) in [7, 11) is 0. The fourth-order valence-corrected chi connectivity index (χ4v) is 2.65. The van der Waals surface area contributed by atoms with E-state index in [-0.39, 0.29) is 5.69 Å². The van der Waals surface area contributed by atoms with E-state index in [9.17, 15) is 27.9 Å². The highest BCUT2D eigenvalue weighted by Crippen LogP contribution is 2.42. The Balaban J connectivity index is 2.51. The van der Waals surface area contributed by atoms with Gasteiger partial charge in [0.05, 0.1) is 0 Å². The molecule has 0 amide bonds. The summed E-state index contributed by atoms with van der Waals surface area (Å²) in [5.74, 6) is 0. The van der Waals surface area contributed by atoms with Gasteiger partial charge in [-0.3, -0.25) is 9.78 Å². The van der Waals surface area contributed by atoms with Crippen LogP contribution < -0.4 is 11.2 Å². The average Bonchev–Trinajstić information content (AvgIpc) is 2.73. The number of rotatable bonds is 3. The zero-order valence-corrected chi connectivity index (χ0v) is 11.4. The third kappa shape index (κ3) is 3.05. The van der Waals surface area contributed by atoms with Crippen molar-refractivity contribution >= 4 is 11.3 Å². The molecule has 2 rings (SSSR count). The highest BCUT2D eigenvalue weighted by Gasteiger charge is 2.57. The molecule has 0 bridgehead atoms. The van der Waals surface area contributed by atoms with E-state index in [1.165, 1.54) is 12.3 Å². The van der Waals surface area contributed by atoms with E-state index in [2.05, 4.69) is 9.97 Å². The van der Waals surface area contributed by atoms with E-state index in [1.54, 1.807) is 0 Å². The molecule has 6 nitrogen and oxygen atoms in total. The molecule has 114 valence electrons. The molecule has 0 aliphatic heterocycles. The number of aliphatic hydroxyl groups is 1. The van der Waals surface area contributed by atoms with Gasteiger partial charge in [0.2, 0.25) is 5.60 Å². The van der Waals surface area contributed by atoms with Gasteiger partial charge in [-0.05, 0) is 6.92 Å². The quantitative estimate of drug-likeness (QED) is 0.779. The van der Waals surface area contributed by atoms with E-state index in [1.807, 2.05) is 4.98 Å². The average molecular weight is 321 g/mol. The van der Waals surface area contributed by atoms with Crippen molar-refractivity contribution in [2.45, 2.75) is 25.1 Å². The normalized spacial score (nSPS) is 14.9. The van der Waals surface area contributed by atoms with Gasteiger partial charge in [-0.1, -0.05) is 0 Å². The van der Waals surface area contributed by atoms with Gasteiger partial charge >= 0.3 is 11.9 Å². The number of aryl methyl sites for hydroxylation is 1. The lowest BCUT2D eigenvalue weighted by Gasteiger charge is -2.28. The number of nitrogens with zero attached hydrogens (tertiary/aromatic N) is 1. The monoisotopic (exact) mass is 321 g/mol. The molecule has 0 saturated heterocycles.